The summed E-state index contributed by atoms with van der Waals surface area (Å²) in [6, 6.07) is 7.78. The predicted octanol–water partition coefficient (Wildman–Crippen LogP) is 4.26. The molecular formula is C32H33F2N5O4. The number of nitrogens with zero attached hydrogens (tertiary/aromatic N) is 5. The van der Waals surface area contributed by atoms with Crippen molar-refractivity contribution in [1.29, 1.82) is 0 Å². The third kappa shape index (κ3) is 4.11. The lowest BCUT2D eigenvalue weighted by Crippen LogP contribution is -2.56. The molecule has 0 spiro atoms. The first kappa shape index (κ1) is 26.8. The van der Waals surface area contributed by atoms with Crippen LogP contribution in [0, 0.1) is 18.7 Å². The van der Waals surface area contributed by atoms with Crippen LogP contribution in [0.1, 0.15) is 24.8 Å². The van der Waals surface area contributed by atoms with Crippen LogP contribution in [0.25, 0.3) is 33.0 Å². The molecule has 4 atom stereocenters. The van der Waals surface area contributed by atoms with E-state index in [4.69, 9.17) is 19.1 Å². The van der Waals surface area contributed by atoms with Crippen molar-refractivity contribution in [2.45, 2.75) is 43.9 Å². The van der Waals surface area contributed by atoms with Crippen molar-refractivity contribution in [3.63, 3.8) is 0 Å². The van der Waals surface area contributed by atoms with Gasteiger partial charge in [0.05, 0.1) is 11.1 Å². The Morgan fingerprint density at radius 3 is 2.86 bits per heavy atom. The molecule has 4 saturated heterocycles. The van der Waals surface area contributed by atoms with E-state index in [9.17, 15) is 14.3 Å². The fraction of sp³-hybridized carbons (Fsp3) is 0.469. The zero-order valence-corrected chi connectivity index (χ0v) is 24.1. The summed E-state index contributed by atoms with van der Waals surface area (Å²) < 4.78 is 41.8. The van der Waals surface area contributed by atoms with Gasteiger partial charge >= 0.3 is 11.6 Å². The van der Waals surface area contributed by atoms with Crippen LogP contribution in [0.3, 0.4) is 0 Å². The Morgan fingerprint density at radius 1 is 1.16 bits per heavy atom. The second-order valence-electron chi connectivity index (χ2n) is 12.8. The lowest BCUT2D eigenvalue weighted by Gasteiger charge is -2.44. The third-order valence-electron chi connectivity index (χ3n) is 10.0. The van der Waals surface area contributed by atoms with E-state index in [1.807, 2.05) is 0 Å². The largest absolute Gasteiger partial charge is 0.508 e. The summed E-state index contributed by atoms with van der Waals surface area (Å²) in [6.07, 6.45) is 1.36. The number of benzene rings is 2. The molecule has 0 saturated carbocycles. The number of phenols is 1. The van der Waals surface area contributed by atoms with Crippen molar-refractivity contribution in [2.24, 2.45) is 5.92 Å². The summed E-state index contributed by atoms with van der Waals surface area (Å²) in [5, 5.41) is 11.4. The molecule has 2 unspecified atom stereocenters. The number of phenolic OH excluding ortho intramolecular Hbond substituents is 1. The number of aryl methyl sites for hydroxylation is 1. The van der Waals surface area contributed by atoms with Crippen LogP contribution in [0.5, 0.6) is 11.8 Å². The quantitative estimate of drug-likeness (QED) is 0.366. The van der Waals surface area contributed by atoms with Crippen molar-refractivity contribution in [2.75, 3.05) is 51.3 Å². The van der Waals surface area contributed by atoms with Crippen molar-refractivity contribution in [1.82, 2.24) is 19.8 Å². The lowest BCUT2D eigenvalue weighted by molar-refractivity contribution is 0.107. The molecule has 2 aromatic heterocycles. The molecule has 6 heterocycles. The van der Waals surface area contributed by atoms with Crippen LogP contribution in [-0.2, 0) is 0 Å². The van der Waals surface area contributed by atoms with Gasteiger partial charge in [-0.15, -0.1) is 0 Å². The number of rotatable bonds is 5. The van der Waals surface area contributed by atoms with Crippen molar-refractivity contribution in [3.05, 3.63) is 52.1 Å². The molecule has 0 aliphatic carbocycles. The first-order chi connectivity index (χ1) is 20.7. The highest BCUT2D eigenvalue weighted by atomic mass is 19.1. The number of ether oxygens (including phenoxy) is 1. The molecule has 0 amide bonds. The van der Waals surface area contributed by atoms with Gasteiger partial charge in [-0.3, -0.25) is 4.90 Å². The summed E-state index contributed by atoms with van der Waals surface area (Å²) in [5.74, 6) is 0.476. The van der Waals surface area contributed by atoms with Crippen LogP contribution in [-0.4, -0.2) is 89.0 Å². The molecule has 8 rings (SSSR count). The highest BCUT2D eigenvalue weighted by Crippen LogP contribution is 2.43. The average Bonchev–Trinajstić information content (AvgIpc) is 3.58. The third-order valence-corrected chi connectivity index (χ3v) is 10.0. The molecule has 0 bridgehead atoms. The Morgan fingerprint density at radius 2 is 2.02 bits per heavy atom. The standard InChI is InChI=1S/C32H33F2N5O4/c1-17-27-26(30(41)43-28(17)22-10-21(40)9-18-5-3-6-23(34)25(18)22)29(39-13-19-12-37(2)15-24(19)39)36-31(35-27)42-16-32-7-4-8-38(32)14-20(33)11-32/h3,5-6,9-10,19-20,24,40H,4,7-8,11-16H2,1-2H3/t19?,20-,24?,32+/m1/s1. The number of likely N-dealkylation sites (tertiary alicyclic amines) is 1. The maximum absolute atomic E-state index is 15.1. The summed E-state index contributed by atoms with van der Waals surface area (Å²) in [6.45, 7) is 5.84. The summed E-state index contributed by atoms with van der Waals surface area (Å²) in [5.41, 5.74) is 0.0844. The molecule has 4 aliphatic heterocycles. The Hall–Kier alpha value is -3.83. The number of alkyl halides is 1. The normalized spacial score (nSPS) is 27.2. The number of aromatic hydroxyl groups is 1. The van der Waals surface area contributed by atoms with Gasteiger partial charge in [0.2, 0.25) is 0 Å². The number of aromatic nitrogens is 2. The molecule has 4 aromatic rings. The molecule has 224 valence electrons. The maximum atomic E-state index is 15.1. The minimum absolute atomic E-state index is 0.0808. The van der Waals surface area contributed by atoms with Crippen molar-refractivity contribution in [3.8, 4) is 23.1 Å². The van der Waals surface area contributed by atoms with Gasteiger partial charge in [-0.1, -0.05) is 12.1 Å². The Labute approximate surface area is 246 Å². The molecule has 43 heavy (non-hydrogen) atoms. The number of likely N-dealkylation sites (N-methyl/N-ethyl adjacent to an activating group) is 1. The maximum Gasteiger partial charge on any atom is 0.349 e. The Kier molecular flexibility index (Phi) is 5.97. The van der Waals surface area contributed by atoms with Gasteiger partial charge in [0.25, 0.3) is 0 Å². The molecule has 9 nitrogen and oxygen atoms in total. The fourth-order valence-electron chi connectivity index (χ4n) is 8.03. The monoisotopic (exact) mass is 589 g/mol. The minimum atomic E-state index is -0.888. The zero-order chi connectivity index (χ0) is 29.6. The Bertz CT molecular complexity index is 1850. The van der Waals surface area contributed by atoms with Gasteiger partial charge in [0.15, 0.2) is 5.82 Å². The number of hydrogen-bond acceptors (Lipinski definition) is 9. The van der Waals surface area contributed by atoms with E-state index in [1.165, 1.54) is 18.2 Å². The highest BCUT2D eigenvalue weighted by Gasteiger charge is 2.50. The van der Waals surface area contributed by atoms with Crippen LogP contribution in [0.15, 0.2) is 39.5 Å². The molecular weight excluding hydrogens is 556 g/mol. The minimum Gasteiger partial charge on any atom is -0.508 e. The van der Waals surface area contributed by atoms with Gasteiger partial charge in [-0.05, 0) is 56.9 Å². The fourth-order valence-corrected chi connectivity index (χ4v) is 8.03. The van der Waals surface area contributed by atoms with E-state index in [0.717, 1.165) is 39.0 Å². The van der Waals surface area contributed by atoms with Crippen molar-refractivity contribution < 1.29 is 23.0 Å². The number of hydrogen-bond donors (Lipinski definition) is 1. The Balaban J connectivity index is 1.29. The first-order valence-electron chi connectivity index (χ1n) is 14.9. The number of halogens is 2. The SMILES string of the molecule is Cc1c(-c2cc(O)cc3cccc(F)c23)oc(=O)c2c(N3CC4CN(C)CC43)nc(OC[C@@]34CCCN3C[C@H](F)C4)nc12. The van der Waals surface area contributed by atoms with E-state index in [1.54, 1.807) is 19.1 Å². The summed E-state index contributed by atoms with van der Waals surface area (Å²) in [7, 11) is 2.08. The van der Waals surface area contributed by atoms with E-state index < -0.39 is 17.6 Å². The molecule has 0 radical (unpaired) electrons. The highest BCUT2D eigenvalue weighted by molar-refractivity contribution is 6.01. The lowest BCUT2D eigenvalue weighted by atomic mass is 9.91. The van der Waals surface area contributed by atoms with Crippen LogP contribution in [0.4, 0.5) is 14.6 Å². The molecule has 11 heteroatoms. The van der Waals surface area contributed by atoms with Gasteiger partial charge in [0, 0.05) is 61.1 Å². The molecule has 4 fully saturated rings. The van der Waals surface area contributed by atoms with E-state index in [2.05, 4.69) is 21.7 Å². The van der Waals surface area contributed by atoms with Crippen LogP contribution in [0.2, 0.25) is 0 Å². The predicted molar refractivity (Wildman–Crippen MR) is 158 cm³/mol. The summed E-state index contributed by atoms with van der Waals surface area (Å²) in [4.78, 5) is 29.9. The average molecular weight is 590 g/mol. The summed E-state index contributed by atoms with van der Waals surface area (Å²) >= 11 is 0. The van der Waals surface area contributed by atoms with Gasteiger partial charge in [-0.25, -0.2) is 13.6 Å². The second kappa shape index (κ2) is 9.59. The van der Waals surface area contributed by atoms with Crippen LogP contribution >= 0.6 is 0 Å². The topological polar surface area (TPSA) is 95.2 Å². The molecule has 2 aromatic carbocycles. The second-order valence-corrected chi connectivity index (χ2v) is 12.8. The van der Waals surface area contributed by atoms with Gasteiger partial charge < -0.3 is 24.1 Å². The molecule has 4 aliphatic rings. The molecule has 1 N–H and O–H groups in total. The van der Waals surface area contributed by atoms with Gasteiger partial charge in [0.1, 0.15) is 35.5 Å². The van der Waals surface area contributed by atoms with E-state index in [0.29, 0.717) is 41.2 Å². The number of anilines is 1. The zero-order valence-electron chi connectivity index (χ0n) is 24.1. The van der Waals surface area contributed by atoms with Gasteiger partial charge in [-0.2, -0.15) is 9.97 Å². The van der Waals surface area contributed by atoms with E-state index in [-0.39, 0.29) is 52.0 Å². The van der Waals surface area contributed by atoms with Crippen LogP contribution < -0.4 is 15.3 Å². The first-order valence-corrected chi connectivity index (χ1v) is 14.9. The smallest absolute Gasteiger partial charge is 0.349 e. The number of fused-ring (bicyclic) bond motifs is 4. The van der Waals surface area contributed by atoms with Crippen molar-refractivity contribution >= 4 is 27.5 Å². The van der Waals surface area contributed by atoms with E-state index >= 15 is 4.39 Å².